The van der Waals surface area contributed by atoms with Crippen molar-refractivity contribution in [3.63, 3.8) is 0 Å². The summed E-state index contributed by atoms with van der Waals surface area (Å²) >= 11 is 6.19. The first-order valence-corrected chi connectivity index (χ1v) is 12.4. The fourth-order valence-corrected chi connectivity index (χ4v) is 4.82. The van der Waals surface area contributed by atoms with E-state index >= 15 is 0 Å². The number of carbonyl (C=O) groups is 1. The molecule has 2 heterocycles. The molecule has 0 bridgehead atoms. The SMILES string of the molecule is COCC1CCC1.O=CN1CCc2c([nH]c3ccc(Cl)cc23)C1c1ccc(OCCCO)cc1. The van der Waals surface area contributed by atoms with Gasteiger partial charge in [-0.3, -0.25) is 4.79 Å². The number of benzene rings is 2. The number of rotatable bonds is 8. The van der Waals surface area contributed by atoms with Gasteiger partial charge in [0.2, 0.25) is 6.41 Å². The zero-order valence-corrected chi connectivity index (χ0v) is 20.4. The van der Waals surface area contributed by atoms with Gasteiger partial charge in [0.1, 0.15) is 5.75 Å². The van der Waals surface area contributed by atoms with E-state index in [0.29, 0.717) is 24.6 Å². The van der Waals surface area contributed by atoms with E-state index in [4.69, 9.17) is 26.2 Å². The molecule has 1 atom stereocenters. The number of hydrogen-bond acceptors (Lipinski definition) is 4. The molecule has 0 spiro atoms. The number of nitrogens with one attached hydrogen (secondary N) is 1. The van der Waals surface area contributed by atoms with Crippen LogP contribution in [0.2, 0.25) is 5.02 Å². The second kappa shape index (κ2) is 11.7. The molecule has 1 saturated carbocycles. The van der Waals surface area contributed by atoms with E-state index in [2.05, 4.69) is 4.98 Å². The minimum absolute atomic E-state index is 0.113. The van der Waals surface area contributed by atoms with Gasteiger partial charge in [-0.05, 0) is 66.6 Å². The van der Waals surface area contributed by atoms with Gasteiger partial charge in [0.15, 0.2) is 0 Å². The van der Waals surface area contributed by atoms with E-state index in [1.54, 1.807) is 7.11 Å². The van der Waals surface area contributed by atoms with Crippen LogP contribution in [0.5, 0.6) is 5.75 Å². The zero-order chi connectivity index (χ0) is 23.9. The van der Waals surface area contributed by atoms with Crippen molar-refractivity contribution < 1.29 is 19.4 Å². The Bertz CT molecular complexity index is 1080. The lowest BCUT2D eigenvalue weighted by Crippen LogP contribution is -2.34. The van der Waals surface area contributed by atoms with Crippen molar-refractivity contribution in [2.75, 3.05) is 33.5 Å². The topological polar surface area (TPSA) is 74.8 Å². The molecule has 1 unspecified atom stereocenters. The third-order valence-corrected chi connectivity index (χ3v) is 6.89. The van der Waals surface area contributed by atoms with Crippen molar-refractivity contribution >= 4 is 28.9 Å². The molecule has 2 N–H and O–H groups in total. The molecule has 5 rings (SSSR count). The molecule has 0 saturated heterocycles. The molecule has 1 aromatic heterocycles. The van der Waals surface area contributed by atoms with E-state index in [-0.39, 0.29) is 12.6 Å². The van der Waals surface area contributed by atoms with Crippen molar-refractivity contribution in [2.45, 2.75) is 38.1 Å². The lowest BCUT2D eigenvalue weighted by molar-refractivity contribution is -0.120. The molecule has 6 nitrogen and oxygen atoms in total. The first-order valence-electron chi connectivity index (χ1n) is 12.0. The highest BCUT2D eigenvalue weighted by molar-refractivity contribution is 6.31. The first kappa shape index (κ1) is 24.6. The van der Waals surface area contributed by atoms with Crippen LogP contribution >= 0.6 is 11.6 Å². The van der Waals surface area contributed by atoms with Gasteiger partial charge in [0.05, 0.1) is 12.6 Å². The molecule has 1 fully saturated rings. The van der Waals surface area contributed by atoms with E-state index in [9.17, 15) is 4.79 Å². The zero-order valence-electron chi connectivity index (χ0n) is 19.6. The Morgan fingerprint density at radius 1 is 1.21 bits per heavy atom. The number of halogens is 1. The first-order chi connectivity index (χ1) is 16.6. The second-order valence-corrected chi connectivity index (χ2v) is 9.39. The Morgan fingerprint density at radius 3 is 2.62 bits per heavy atom. The van der Waals surface area contributed by atoms with Crippen molar-refractivity contribution in [2.24, 2.45) is 5.92 Å². The Kier molecular flexibility index (Phi) is 8.48. The number of H-pyrrole nitrogens is 1. The van der Waals surface area contributed by atoms with Gasteiger partial charge in [-0.15, -0.1) is 0 Å². The molecule has 3 aromatic rings. The maximum atomic E-state index is 11.7. The Balaban J connectivity index is 0.000000336. The van der Waals surface area contributed by atoms with Gasteiger partial charge < -0.3 is 24.5 Å². The van der Waals surface area contributed by atoms with Crippen LogP contribution in [0.15, 0.2) is 42.5 Å². The normalized spacial score (nSPS) is 17.5. The molecule has 2 aliphatic rings. The number of aromatic amines is 1. The monoisotopic (exact) mass is 484 g/mol. The number of ether oxygens (including phenoxy) is 2. The molecule has 1 aliphatic heterocycles. The fourth-order valence-electron chi connectivity index (χ4n) is 4.65. The van der Waals surface area contributed by atoms with Gasteiger partial charge in [-0.2, -0.15) is 0 Å². The number of methoxy groups -OCH3 is 1. The summed E-state index contributed by atoms with van der Waals surface area (Å²) in [6, 6.07) is 13.5. The second-order valence-electron chi connectivity index (χ2n) is 8.95. The maximum Gasteiger partial charge on any atom is 0.210 e. The third-order valence-electron chi connectivity index (χ3n) is 6.66. The number of carbonyl (C=O) groups excluding carboxylic acids is 1. The molecule has 7 heteroatoms. The molecule has 1 aliphatic carbocycles. The number of amides is 1. The van der Waals surface area contributed by atoms with Crippen molar-refractivity contribution in [1.82, 2.24) is 9.88 Å². The highest BCUT2D eigenvalue weighted by atomic mass is 35.5. The molecule has 2 aromatic carbocycles. The highest BCUT2D eigenvalue weighted by Crippen LogP contribution is 2.38. The molecule has 1 amide bonds. The number of aliphatic hydroxyl groups excluding tert-OH is 1. The quantitative estimate of drug-likeness (QED) is 0.344. The van der Waals surface area contributed by atoms with Crippen LogP contribution in [0, 0.1) is 5.92 Å². The van der Waals surface area contributed by atoms with E-state index in [1.807, 2.05) is 47.4 Å². The van der Waals surface area contributed by atoms with Gasteiger partial charge >= 0.3 is 0 Å². The van der Waals surface area contributed by atoms with Gasteiger partial charge in [-0.1, -0.05) is 30.2 Å². The molecular formula is C27H33ClN2O4. The summed E-state index contributed by atoms with van der Waals surface area (Å²) in [5, 5.41) is 10.7. The summed E-state index contributed by atoms with van der Waals surface area (Å²) in [5.74, 6) is 1.66. The van der Waals surface area contributed by atoms with Crippen LogP contribution in [-0.2, 0) is 16.0 Å². The number of nitrogens with zero attached hydrogens (tertiary/aromatic N) is 1. The van der Waals surface area contributed by atoms with Crippen LogP contribution in [-0.4, -0.2) is 54.9 Å². The fraction of sp³-hybridized carbons (Fsp3) is 0.444. The van der Waals surface area contributed by atoms with E-state index < -0.39 is 0 Å². The number of hydrogen-bond donors (Lipinski definition) is 2. The standard InChI is InChI=1S/C21H21ClN2O3.C6H12O/c22-15-4-7-19-18(12-15)17-8-9-24(13-26)21(20(17)23-19)14-2-5-16(6-3-14)27-11-1-10-25;1-7-5-6-3-2-4-6/h2-7,12-13,21,23,25H,1,8-11H2;6H,2-5H2,1H3. The van der Waals surface area contributed by atoms with Crippen molar-refractivity contribution in [1.29, 1.82) is 0 Å². The number of fused-ring (bicyclic) bond motifs is 3. The van der Waals surface area contributed by atoms with Crippen LogP contribution in [0.4, 0.5) is 0 Å². The Labute approximate surface area is 205 Å². The van der Waals surface area contributed by atoms with Gasteiger partial charge in [0, 0.05) is 54.9 Å². The Hall–Kier alpha value is -2.54. The Morgan fingerprint density at radius 2 is 2.00 bits per heavy atom. The highest BCUT2D eigenvalue weighted by Gasteiger charge is 2.31. The molecular weight excluding hydrogens is 452 g/mol. The molecule has 0 radical (unpaired) electrons. The van der Waals surface area contributed by atoms with Gasteiger partial charge in [-0.25, -0.2) is 0 Å². The summed E-state index contributed by atoms with van der Waals surface area (Å²) in [4.78, 5) is 17.0. The average molecular weight is 485 g/mol. The smallest absolute Gasteiger partial charge is 0.210 e. The largest absolute Gasteiger partial charge is 0.494 e. The summed E-state index contributed by atoms with van der Waals surface area (Å²) in [6.45, 7) is 2.24. The summed E-state index contributed by atoms with van der Waals surface area (Å²) in [5.41, 5.74) is 4.32. The third kappa shape index (κ3) is 5.57. The van der Waals surface area contributed by atoms with Gasteiger partial charge in [0.25, 0.3) is 0 Å². The van der Waals surface area contributed by atoms with E-state index in [0.717, 1.165) is 53.3 Å². The number of aromatic nitrogens is 1. The van der Waals surface area contributed by atoms with E-state index in [1.165, 1.54) is 24.8 Å². The van der Waals surface area contributed by atoms with Crippen LogP contribution in [0.1, 0.15) is 48.5 Å². The maximum absolute atomic E-state index is 11.7. The lowest BCUT2D eigenvalue weighted by atomic mass is 9.86. The molecule has 34 heavy (non-hydrogen) atoms. The molecule has 182 valence electrons. The van der Waals surface area contributed by atoms with Crippen LogP contribution in [0.25, 0.3) is 10.9 Å². The number of aliphatic hydroxyl groups is 1. The van der Waals surface area contributed by atoms with Crippen molar-refractivity contribution in [3.05, 3.63) is 64.3 Å². The van der Waals surface area contributed by atoms with Crippen LogP contribution < -0.4 is 4.74 Å². The summed E-state index contributed by atoms with van der Waals surface area (Å²) in [6.07, 6.45) is 6.53. The predicted octanol–water partition coefficient (Wildman–Crippen LogP) is 5.12. The summed E-state index contributed by atoms with van der Waals surface area (Å²) in [7, 11) is 1.78. The minimum atomic E-state index is -0.163. The minimum Gasteiger partial charge on any atom is -0.494 e. The van der Waals surface area contributed by atoms with Crippen molar-refractivity contribution in [3.8, 4) is 5.75 Å². The average Bonchev–Trinajstić information content (AvgIpc) is 3.19. The lowest BCUT2D eigenvalue weighted by Gasteiger charge is -2.33. The predicted molar refractivity (Wildman–Crippen MR) is 134 cm³/mol. The summed E-state index contributed by atoms with van der Waals surface area (Å²) < 4.78 is 10.6. The van der Waals surface area contributed by atoms with Crippen LogP contribution in [0.3, 0.4) is 0 Å².